The summed E-state index contributed by atoms with van der Waals surface area (Å²) in [4.78, 5) is 8.85. The van der Waals surface area contributed by atoms with E-state index in [1.54, 1.807) is 18.9 Å². The summed E-state index contributed by atoms with van der Waals surface area (Å²) in [6.07, 6.45) is 0. The van der Waals surface area contributed by atoms with Crippen molar-refractivity contribution >= 4 is 27.7 Å². The Morgan fingerprint density at radius 2 is 1.84 bits per heavy atom. The molecule has 0 unspecified atom stereocenters. The molecular weight excluding hydrogens is 324 g/mol. The van der Waals surface area contributed by atoms with Gasteiger partial charge in [-0.05, 0) is 38.1 Å². The maximum absolute atomic E-state index is 5.36. The van der Waals surface area contributed by atoms with Crippen molar-refractivity contribution in [3.8, 4) is 5.75 Å². The van der Waals surface area contributed by atoms with Crippen LogP contribution in [0.5, 0.6) is 5.75 Å². The summed E-state index contributed by atoms with van der Waals surface area (Å²) in [7, 11) is 1.69. The van der Waals surface area contributed by atoms with Crippen LogP contribution in [0, 0.1) is 13.8 Å². The van der Waals surface area contributed by atoms with Gasteiger partial charge < -0.3 is 4.74 Å². The average molecular weight is 339 g/mol. The number of methoxy groups -OCH3 is 1. The number of aryl methyl sites for hydroxylation is 2. The molecule has 0 spiro atoms. The Hall–Kier alpha value is -1.07. The summed E-state index contributed by atoms with van der Waals surface area (Å²) in [5, 5.41) is 0.805. The molecule has 0 atom stereocenters. The molecular formula is C14H15BrN2OS. The van der Waals surface area contributed by atoms with Crippen molar-refractivity contribution in [2.24, 2.45) is 0 Å². The van der Waals surface area contributed by atoms with Gasteiger partial charge in [0.1, 0.15) is 5.75 Å². The standard InChI is InChI=1S/C14H15BrN2OS/c1-9-6-10(2)17-14(16-9)19-8-11-7-12(15)4-5-13(11)18-3/h4-7H,8H2,1-3H3. The molecule has 0 aliphatic carbocycles. The molecule has 0 fully saturated rings. The summed E-state index contributed by atoms with van der Waals surface area (Å²) in [5.74, 6) is 1.67. The third kappa shape index (κ3) is 3.94. The van der Waals surface area contributed by atoms with E-state index in [-0.39, 0.29) is 0 Å². The van der Waals surface area contributed by atoms with Gasteiger partial charge in [-0.3, -0.25) is 0 Å². The van der Waals surface area contributed by atoms with Crippen molar-refractivity contribution in [1.82, 2.24) is 9.97 Å². The first kappa shape index (κ1) is 14.3. The Labute approximate surface area is 125 Å². The second kappa shape index (κ2) is 6.39. The summed E-state index contributed by atoms with van der Waals surface area (Å²) < 4.78 is 6.41. The number of thioether (sulfide) groups is 1. The fourth-order valence-electron chi connectivity index (χ4n) is 1.76. The highest BCUT2D eigenvalue weighted by molar-refractivity contribution is 9.10. The number of ether oxygens (including phenoxy) is 1. The van der Waals surface area contributed by atoms with Crippen molar-refractivity contribution in [3.05, 3.63) is 45.7 Å². The van der Waals surface area contributed by atoms with Gasteiger partial charge >= 0.3 is 0 Å². The van der Waals surface area contributed by atoms with E-state index in [2.05, 4.69) is 32.0 Å². The van der Waals surface area contributed by atoms with E-state index in [1.807, 2.05) is 32.0 Å². The van der Waals surface area contributed by atoms with Gasteiger partial charge in [-0.15, -0.1) is 0 Å². The van der Waals surface area contributed by atoms with E-state index >= 15 is 0 Å². The molecule has 0 bridgehead atoms. The third-order valence-corrected chi connectivity index (χ3v) is 3.95. The molecule has 1 aromatic heterocycles. The first-order valence-electron chi connectivity index (χ1n) is 5.86. The topological polar surface area (TPSA) is 35.0 Å². The lowest BCUT2D eigenvalue weighted by Gasteiger charge is -2.08. The fourth-order valence-corrected chi connectivity index (χ4v) is 3.10. The zero-order valence-electron chi connectivity index (χ0n) is 11.1. The van der Waals surface area contributed by atoms with Crippen LogP contribution in [0.3, 0.4) is 0 Å². The monoisotopic (exact) mass is 338 g/mol. The van der Waals surface area contributed by atoms with Crippen molar-refractivity contribution in [1.29, 1.82) is 0 Å². The van der Waals surface area contributed by atoms with Gasteiger partial charge in [0.15, 0.2) is 5.16 Å². The Bertz CT molecular complexity index is 569. The zero-order valence-corrected chi connectivity index (χ0v) is 13.5. The Morgan fingerprint density at radius 1 is 1.16 bits per heavy atom. The lowest BCUT2D eigenvalue weighted by Crippen LogP contribution is -1.95. The van der Waals surface area contributed by atoms with Gasteiger partial charge in [-0.2, -0.15) is 0 Å². The SMILES string of the molecule is COc1ccc(Br)cc1CSc1nc(C)cc(C)n1. The van der Waals surface area contributed by atoms with Crippen LogP contribution in [0.2, 0.25) is 0 Å². The number of hydrogen-bond acceptors (Lipinski definition) is 4. The number of rotatable bonds is 4. The summed E-state index contributed by atoms with van der Waals surface area (Å²) >= 11 is 5.10. The Kier molecular flexibility index (Phi) is 4.82. The Balaban J connectivity index is 2.16. The van der Waals surface area contributed by atoms with E-state index in [4.69, 9.17) is 4.74 Å². The minimum Gasteiger partial charge on any atom is -0.496 e. The largest absolute Gasteiger partial charge is 0.496 e. The predicted molar refractivity (Wildman–Crippen MR) is 81.8 cm³/mol. The normalized spacial score (nSPS) is 10.5. The van der Waals surface area contributed by atoms with Gasteiger partial charge in [0.2, 0.25) is 0 Å². The highest BCUT2D eigenvalue weighted by Gasteiger charge is 2.07. The molecule has 2 aromatic rings. The number of benzene rings is 1. The van der Waals surface area contributed by atoms with E-state index in [0.717, 1.165) is 38.1 Å². The van der Waals surface area contributed by atoms with E-state index in [9.17, 15) is 0 Å². The second-order valence-electron chi connectivity index (χ2n) is 4.18. The highest BCUT2D eigenvalue weighted by Crippen LogP contribution is 2.28. The van der Waals surface area contributed by atoms with E-state index < -0.39 is 0 Å². The highest BCUT2D eigenvalue weighted by atomic mass is 79.9. The van der Waals surface area contributed by atoms with Crippen LogP contribution in [0.4, 0.5) is 0 Å². The molecule has 0 amide bonds. The second-order valence-corrected chi connectivity index (χ2v) is 6.04. The molecule has 1 heterocycles. The summed E-state index contributed by atoms with van der Waals surface area (Å²) in [6.45, 7) is 3.97. The third-order valence-electron chi connectivity index (χ3n) is 2.56. The van der Waals surface area contributed by atoms with Crippen LogP contribution in [-0.4, -0.2) is 17.1 Å². The van der Waals surface area contributed by atoms with Crippen molar-refractivity contribution in [2.45, 2.75) is 24.8 Å². The van der Waals surface area contributed by atoms with Crippen LogP contribution < -0.4 is 4.74 Å². The smallest absolute Gasteiger partial charge is 0.188 e. The molecule has 100 valence electrons. The quantitative estimate of drug-likeness (QED) is 0.619. The molecule has 0 radical (unpaired) electrons. The van der Waals surface area contributed by atoms with Crippen LogP contribution in [0.15, 0.2) is 33.9 Å². The van der Waals surface area contributed by atoms with E-state index in [0.29, 0.717) is 0 Å². The van der Waals surface area contributed by atoms with Crippen LogP contribution in [0.25, 0.3) is 0 Å². The van der Waals surface area contributed by atoms with Gasteiger partial charge in [0.25, 0.3) is 0 Å². The summed E-state index contributed by atoms with van der Waals surface area (Å²) in [5.41, 5.74) is 3.12. The van der Waals surface area contributed by atoms with Gasteiger partial charge in [-0.1, -0.05) is 27.7 Å². The van der Waals surface area contributed by atoms with Crippen LogP contribution in [-0.2, 0) is 5.75 Å². The lowest BCUT2D eigenvalue weighted by atomic mass is 10.2. The first-order chi connectivity index (χ1) is 9.08. The van der Waals surface area contributed by atoms with Gasteiger partial charge in [-0.25, -0.2) is 9.97 Å². The van der Waals surface area contributed by atoms with Crippen LogP contribution in [0.1, 0.15) is 17.0 Å². The molecule has 0 aliphatic heterocycles. The van der Waals surface area contributed by atoms with Crippen LogP contribution >= 0.6 is 27.7 Å². The van der Waals surface area contributed by atoms with Crippen molar-refractivity contribution in [2.75, 3.05) is 7.11 Å². The number of hydrogen-bond donors (Lipinski definition) is 0. The minimum absolute atomic E-state index is 0.783. The molecule has 2 rings (SSSR count). The van der Waals surface area contributed by atoms with E-state index in [1.165, 1.54) is 0 Å². The summed E-state index contributed by atoms with van der Waals surface area (Å²) in [6, 6.07) is 7.97. The molecule has 19 heavy (non-hydrogen) atoms. The zero-order chi connectivity index (χ0) is 13.8. The number of aromatic nitrogens is 2. The van der Waals surface area contributed by atoms with Gasteiger partial charge in [0, 0.05) is 27.2 Å². The molecule has 0 N–H and O–H groups in total. The van der Waals surface area contributed by atoms with Crippen molar-refractivity contribution < 1.29 is 4.74 Å². The molecule has 5 heteroatoms. The van der Waals surface area contributed by atoms with Gasteiger partial charge in [0.05, 0.1) is 7.11 Å². The average Bonchev–Trinajstić information content (AvgIpc) is 2.35. The Morgan fingerprint density at radius 3 is 2.47 bits per heavy atom. The molecule has 0 aliphatic rings. The lowest BCUT2D eigenvalue weighted by molar-refractivity contribution is 0.411. The first-order valence-corrected chi connectivity index (χ1v) is 7.64. The predicted octanol–water partition coefficient (Wildman–Crippen LogP) is 4.16. The number of halogens is 1. The van der Waals surface area contributed by atoms with Crippen molar-refractivity contribution in [3.63, 3.8) is 0 Å². The molecule has 0 saturated heterocycles. The number of nitrogens with zero attached hydrogens (tertiary/aromatic N) is 2. The maximum atomic E-state index is 5.36. The minimum atomic E-state index is 0.783. The molecule has 0 saturated carbocycles. The fraction of sp³-hybridized carbons (Fsp3) is 0.286. The molecule has 3 nitrogen and oxygen atoms in total. The molecule has 1 aromatic carbocycles. The maximum Gasteiger partial charge on any atom is 0.188 e.